The van der Waals surface area contributed by atoms with Crippen LogP contribution >= 0.6 is 0 Å². The lowest BCUT2D eigenvalue weighted by Gasteiger charge is -2.45. The van der Waals surface area contributed by atoms with Crippen molar-refractivity contribution in [1.82, 2.24) is 4.90 Å². The highest BCUT2D eigenvalue weighted by atomic mass is 19.1. The maximum absolute atomic E-state index is 14.8. The van der Waals surface area contributed by atoms with Crippen LogP contribution in [-0.4, -0.2) is 30.7 Å². The van der Waals surface area contributed by atoms with E-state index in [-0.39, 0.29) is 36.5 Å². The number of nitriles is 3. The first-order valence-electron chi connectivity index (χ1n) is 9.04. The van der Waals surface area contributed by atoms with E-state index in [1.165, 1.54) is 23.1 Å². The average Bonchev–Trinajstić information content (AvgIpc) is 2.73. The molecule has 1 aromatic rings. The van der Waals surface area contributed by atoms with E-state index in [0.29, 0.717) is 5.57 Å². The Bertz CT molecular complexity index is 1030. The highest BCUT2D eigenvalue weighted by Gasteiger charge is 2.55. The van der Waals surface area contributed by atoms with E-state index in [4.69, 9.17) is 10.5 Å². The topological polar surface area (TPSA) is 127 Å². The molecule has 2 aliphatic rings. The van der Waals surface area contributed by atoms with Gasteiger partial charge in [0.1, 0.15) is 11.9 Å². The molecule has 1 aromatic carbocycles. The van der Waals surface area contributed by atoms with Crippen LogP contribution in [0.5, 0.6) is 0 Å². The van der Waals surface area contributed by atoms with E-state index < -0.39 is 29.2 Å². The molecule has 0 saturated carbocycles. The number of ether oxygens (including phenoxy) is 1. The van der Waals surface area contributed by atoms with E-state index in [2.05, 4.69) is 0 Å². The first-order valence-corrected chi connectivity index (χ1v) is 9.04. The second kappa shape index (κ2) is 7.66. The number of carbonyl (C=O) groups excluding carboxylic acids is 1. The number of halogens is 1. The SMILES string of the molecule is CCOC(=O)N1CC=C2C(C#N)=C(N)C(C#N)(C#N)[C@@H](c3ccccc3F)[C@H]2C1. The molecule has 0 saturated heterocycles. The van der Waals surface area contributed by atoms with Crippen LogP contribution < -0.4 is 5.73 Å². The molecule has 1 aliphatic heterocycles. The quantitative estimate of drug-likeness (QED) is 0.826. The fraction of sp³-hybridized carbons (Fsp3) is 0.333. The number of hydrogen-bond donors (Lipinski definition) is 1. The van der Waals surface area contributed by atoms with Crippen LogP contribution in [0.25, 0.3) is 0 Å². The minimum Gasteiger partial charge on any atom is -0.450 e. The Balaban J connectivity index is 2.26. The molecule has 0 unspecified atom stereocenters. The van der Waals surface area contributed by atoms with Crippen molar-refractivity contribution in [3.63, 3.8) is 0 Å². The third-order valence-electron chi connectivity index (χ3n) is 5.43. The number of rotatable bonds is 2. The van der Waals surface area contributed by atoms with Gasteiger partial charge in [0, 0.05) is 24.9 Å². The third-order valence-corrected chi connectivity index (χ3v) is 5.43. The van der Waals surface area contributed by atoms with Crippen molar-refractivity contribution in [3.8, 4) is 18.2 Å². The van der Waals surface area contributed by atoms with Gasteiger partial charge in [-0.25, -0.2) is 9.18 Å². The molecule has 1 amide bonds. The molecule has 1 heterocycles. The summed E-state index contributed by atoms with van der Waals surface area (Å²) in [5.74, 6) is -2.27. The Labute approximate surface area is 167 Å². The van der Waals surface area contributed by atoms with Crippen LogP contribution in [-0.2, 0) is 4.74 Å². The maximum Gasteiger partial charge on any atom is 0.410 e. The summed E-state index contributed by atoms with van der Waals surface area (Å²) in [6.07, 6.45) is 1.10. The number of carbonyl (C=O) groups is 1. The van der Waals surface area contributed by atoms with E-state index in [0.717, 1.165) is 0 Å². The highest BCUT2D eigenvalue weighted by Crippen LogP contribution is 2.54. The number of allylic oxidation sites excluding steroid dienone is 2. The maximum atomic E-state index is 14.8. The molecule has 0 spiro atoms. The second-order valence-electron chi connectivity index (χ2n) is 6.80. The van der Waals surface area contributed by atoms with E-state index in [1.807, 2.05) is 18.2 Å². The Morgan fingerprint density at radius 1 is 1.34 bits per heavy atom. The van der Waals surface area contributed by atoms with Gasteiger partial charge in [-0.05, 0) is 24.1 Å². The van der Waals surface area contributed by atoms with E-state index in [1.54, 1.807) is 19.1 Å². The lowest BCUT2D eigenvalue weighted by molar-refractivity contribution is 0.0997. The summed E-state index contributed by atoms with van der Waals surface area (Å²) < 4.78 is 19.8. The zero-order valence-corrected chi connectivity index (χ0v) is 15.7. The molecule has 0 bridgehead atoms. The Kier molecular flexibility index (Phi) is 5.26. The predicted molar refractivity (Wildman–Crippen MR) is 99.8 cm³/mol. The molecule has 2 atom stereocenters. The summed E-state index contributed by atoms with van der Waals surface area (Å²) in [4.78, 5) is 13.7. The van der Waals surface area contributed by atoms with Gasteiger partial charge >= 0.3 is 6.09 Å². The molecule has 29 heavy (non-hydrogen) atoms. The first kappa shape index (κ1) is 19.9. The second-order valence-corrected chi connectivity index (χ2v) is 6.80. The van der Waals surface area contributed by atoms with Crippen LogP contribution in [0.15, 0.2) is 47.2 Å². The largest absolute Gasteiger partial charge is 0.450 e. The number of benzene rings is 1. The van der Waals surface area contributed by atoms with Crippen LogP contribution in [0.3, 0.4) is 0 Å². The van der Waals surface area contributed by atoms with Crippen LogP contribution in [0.4, 0.5) is 9.18 Å². The van der Waals surface area contributed by atoms with Gasteiger partial charge in [0.05, 0.1) is 30.0 Å². The molecule has 146 valence electrons. The first-order chi connectivity index (χ1) is 13.9. The lowest BCUT2D eigenvalue weighted by atomic mass is 9.58. The molecule has 1 aliphatic carbocycles. The minimum atomic E-state index is -1.95. The fourth-order valence-corrected chi connectivity index (χ4v) is 4.12. The van der Waals surface area contributed by atoms with Gasteiger partial charge in [-0.2, -0.15) is 15.8 Å². The monoisotopic (exact) mass is 391 g/mol. The molecular formula is C21H18FN5O2. The zero-order valence-electron chi connectivity index (χ0n) is 15.7. The molecule has 7 nitrogen and oxygen atoms in total. The number of nitrogens with two attached hydrogens (primary N) is 1. The van der Waals surface area contributed by atoms with Crippen molar-refractivity contribution in [1.29, 1.82) is 15.8 Å². The highest BCUT2D eigenvalue weighted by molar-refractivity contribution is 5.69. The summed E-state index contributed by atoms with van der Waals surface area (Å²) in [5.41, 5.74) is 4.71. The van der Waals surface area contributed by atoms with Gasteiger partial charge in [-0.15, -0.1) is 0 Å². The summed E-state index contributed by atoms with van der Waals surface area (Å²) in [5, 5.41) is 29.6. The van der Waals surface area contributed by atoms with Gasteiger partial charge in [0.25, 0.3) is 0 Å². The normalized spacial score (nSPS) is 22.4. The molecule has 0 fully saturated rings. The molecule has 0 aromatic heterocycles. The van der Waals surface area contributed by atoms with Gasteiger partial charge in [0.2, 0.25) is 0 Å². The van der Waals surface area contributed by atoms with Crippen molar-refractivity contribution in [2.24, 2.45) is 17.1 Å². The van der Waals surface area contributed by atoms with Crippen molar-refractivity contribution < 1.29 is 13.9 Å². The Morgan fingerprint density at radius 2 is 2.03 bits per heavy atom. The number of nitrogens with zero attached hydrogens (tertiary/aromatic N) is 4. The Morgan fingerprint density at radius 3 is 2.62 bits per heavy atom. The average molecular weight is 391 g/mol. The number of amides is 1. The summed E-state index contributed by atoms with van der Waals surface area (Å²) in [7, 11) is 0. The minimum absolute atomic E-state index is 0.0363. The zero-order chi connectivity index (χ0) is 21.2. The molecule has 8 heteroatoms. The fourth-order valence-electron chi connectivity index (χ4n) is 4.12. The third kappa shape index (κ3) is 2.98. The van der Waals surface area contributed by atoms with E-state index in [9.17, 15) is 25.0 Å². The number of hydrogen-bond acceptors (Lipinski definition) is 6. The predicted octanol–water partition coefficient (Wildman–Crippen LogP) is 2.71. The van der Waals surface area contributed by atoms with Gasteiger partial charge in [0.15, 0.2) is 5.41 Å². The van der Waals surface area contributed by atoms with Crippen LogP contribution in [0.1, 0.15) is 18.4 Å². The van der Waals surface area contributed by atoms with Crippen molar-refractivity contribution in [2.75, 3.05) is 19.7 Å². The number of fused-ring (bicyclic) bond motifs is 1. The van der Waals surface area contributed by atoms with Crippen LogP contribution in [0.2, 0.25) is 0 Å². The van der Waals surface area contributed by atoms with Crippen molar-refractivity contribution in [3.05, 3.63) is 58.6 Å². The van der Waals surface area contributed by atoms with Gasteiger partial charge in [-0.1, -0.05) is 24.3 Å². The molecule has 0 radical (unpaired) electrons. The Hall–Kier alpha value is -3.83. The van der Waals surface area contributed by atoms with Crippen molar-refractivity contribution in [2.45, 2.75) is 12.8 Å². The van der Waals surface area contributed by atoms with Crippen molar-refractivity contribution >= 4 is 6.09 Å². The van der Waals surface area contributed by atoms with Gasteiger partial charge in [-0.3, -0.25) is 0 Å². The lowest BCUT2D eigenvalue weighted by Crippen LogP contribution is -2.49. The molecular weight excluding hydrogens is 373 g/mol. The molecule has 3 rings (SSSR count). The summed E-state index contributed by atoms with van der Waals surface area (Å²) in [6, 6.07) is 11.7. The van der Waals surface area contributed by atoms with Gasteiger partial charge < -0.3 is 15.4 Å². The summed E-state index contributed by atoms with van der Waals surface area (Å²) >= 11 is 0. The van der Waals surface area contributed by atoms with Crippen LogP contribution in [0, 0.1) is 51.1 Å². The standard InChI is InChI=1S/C21H18FN5O2/c1-2-29-20(28)27-8-7-13-15(9-23)19(26)21(11-24,12-25)18(16(13)10-27)14-5-3-4-6-17(14)22/h3-7,16,18H,2,8,10,26H2,1H3/t16-,18-/m0/s1. The smallest absolute Gasteiger partial charge is 0.410 e. The van der Waals surface area contributed by atoms with E-state index >= 15 is 0 Å². The summed E-state index contributed by atoms with van der Waals surface area (Å²) in [6.45, 7) is 2.11. The molecule has 2 N–H and O–H groups in total.